The molecule has 2 aliphatic rings. The zero-order valence-corrected chi connectivity index (χ0v) is 20.2. The van der Waals surface area contributed by atoms with E-state index in [9.17, 15) is 14.4 Å². The number of urea groups is 1. The highest BCUT2D eigenvalue weighted by Crippen LogP contribution is 2.33. The Labute approximate surface area is 208 Å². The molecule has 1 aromatic heterocycles. The number of carbonyl (C=O) groups is 3. The van der Waals surface area contributed by atoms with Crippen LogP contribution in [0.1, 0.15) is 47.2 Å². The average molecular weight is 492 g/mol. The molecule has 0 aliphatic carbocycles. The number of fused-ring (bicyclic) bond motifs is 2. The number of aromatic amines is 1. The summed E-state index contributed by atoms with van der Waals surface area (Å²) in [5.41, 5.74) is 3.53. The lowest BCUT2D eigenvalue weighted by atomic mass is 10.0. The molecule has 3 atom stereocenters. The highest BCUT2D eigenvalue weighted by molar-refractivity contribution is 8.00. The summed E-state index contributed by atoms with van der Waals surface area (Å²) in [5, 5.41) is 17.3. The van der Waals surface area contributed by atoms with Crippen LogP contribution in [0.4, 0.5) is 4.79 Å². The van der Waals surface area contributed by atoms with E-state index >= 15 is 0 Å². The number of amides is 3. The van der Waals surface area contributed by atoms with Crippen LogP contribution in [-0.4, -0.2) is 51.0 Å². The molecule has 2 aliphatic heterocycles. The van der Waals surface area contributed by atoms with E-state index in [2.05, 4.69) is 26.1 Å². The zero-order valence-electron chi connectivity index (χ0n) is 19.4. The van der Waals surface area contributed by atoms with Crippen molar-refractivity contribution in [1.82, 2.24) is 26.1 Å². The molecular formula is C26H29N5O3S. The first-order chi connectivity index (χ1) is 17.0. The number of benzene rings is 2. The van der Waals surface area contributed by atoms with Gasteiger partial charge in [0.25, 0.3) is 0 Å². The second-order valence-electron chi connectivity index (χ2n) is 9.23. The minimum absolute atomic E-state index is 0.0348. The number of H-pyrrole nitrogens is 1. The Kier molecular flexibility index (Phi) is 7.03. The SMILES string of the molecule is O=C(CCCCC1SCC2NC(=O)NC21)NCc1ccc(C(=O)Cc2ccc3[nH]ncc3c2)cc1. The molecule has 2 aromatic carbocycles. The van der Waals surface area contributed by atoms with Crippen LogP contribution in [-0.2, 0) is 17.8 Å². The van der Waals surface area contributed by atoms with Gasteiger partial charge in [-0.1, -0.05) is 36.8 Å². The minimum Gasteiger partial charge on any atom is -0.352 e. The summed E-state index contributed by atoms with van der Waals surface area (Å²) in [6.07, 6.45) is 5.39. The molecule has 182 valence electrons. The Balaban J connectivity index is 1.01. The van der Waals surface area contributed by atoms with Gasteiger partial charge in [-0.3, -0.25) is 14.7 Å². The smallest absolute Gasteiger partial charge is 0.315 e. The number of hydrogen-bond acceptors (Lipinski definition) is 5. The molecule has 0 spiro atoms. The molecule has 9 heteroatoms. The number of Topliss-reactive ketones (excluding diaryl/α,β-unsaturated/α-hetero) is 1. The van der Waals surface area contributed by atoms with E-state index in [1.165, 1.54) is 0 Å². The van der Waals surface area contributed by atoms with Crippen LogP contribution in [0.3, 0.4) is 0 Å². The fourth-order valence-corrected chi connectivity index (χ4v) is 6.30. The maximum Gasteiger partial charge on any atom is 0.315 e. The predicted octanol–water partition coefficient (Wildman–Crippen LogP) is 3.33. The summed E-state index contributed by atoms with van der Waals surface area (Å²) < 4.78 is 0. The lowest BCUT2D eigenvalue weighted by Gasteiger charge is -2.16. The molecule has 0 saturated carbocycles. The molecule has 2 saturated heterocycles. The van der Waals surface area contributed by atoms with Crippen molar-refractivity contribution >= 4 is 40.4 Å². The van der Waals surface area contributed by atoms with Crippen molar-refractivity contribution in [3.63, 3.8) is 0 Å². The first-order valence-corrected chi connectivity index (χ1v) is 13.1. The van der Waals surface area contributed by atoms with Crippen LogP contribution in [0, 0.1) is 0 Å². The van der Waals surface area contributed by atoms with Gasteiger partial charge in [-0.25, -0.2) is 4.79 Å². The Morgan fingerprint density at radius 2 is 1.89 bits per heavy atom. The Hall–Kier alpha value is -3.33. The molecule has 35 heavy (non-hydrogen) atoms. The van der Waals surface area contributed by atoms with E-state index in [1.54, 1.807) is 6.20 Å². The van der Waals surface area contributed by atoms with Crippen LogP contribution in [0.5, 0.6) is 0 Å². The number of nitrogens with one attached hydrogen (secondary N) is 4. The van der Waals surface area contributed by atoms with Crippen molar-refractivity contribution in [1.29, 1.82) is 0 Å². The van der Waals surface area contributed by atoms with E-state index in [1.807, 2.05) is 54.2 Å². The van der Waals surface area contributed by atoms with E-state index in [-0.39, 0.29) is 29.8 Å². The number of unbranched alkanes of at least 4 members (excludes halogenated alkanes) is 1. The summed E-state index contributed by atoms with van der Waals surface area (Å²) in [6.45, 7) is 0.449. The van der Waals surface area contributed by atoms with Gasteiger partial charge in [0.15, 0.2) is 5.78 Å². The van der Waals surface area contributed by atoms with E-state index < -0.39 is 0 Å². The van der Waals surface area contributed by atoms with Crippen LogP contribution in [0.25, 0.3) is 10.9 Å². The van der Waals surface area contributed by atoms with E-state index in [4.69, 9.17) is 0 Å². The molecule has 0 radical (unpaired) electrons. The fourth-order valence-electron chi connectivity index (χ4n) is 4.76. The lowest BCUT2D eigenvalue weighted by molar-refractivity contribution is -0.121. The largest absolute Gasteiger partial charge is 0.352 e. The van der Waals surface area contributed by atoms with Crippen LogP contribution in [0.15, 0.2) is 48.7 Å². The fraction of sp³-hybridized carbons (Fsp3) is 0.385. The number of thioether (sulfide) groups is 1. The second-order valence-corrected chi connectivity index (χ2v) is 10.5. The molecular weight excluding hydrogens is 462 g/mol. The van der Waals surface area contributed by atoms with Crippen LogP contribution >= 0.6 is 11.8 Å². The Bertz CT molecular complexity index is 1230. The molecule has 3 heterocycles. The molecule has 0 bridgehead atoms. The third kappa shape index (κ3) is 5.67. The first-order valence-electron chi connectivity index (χ1n) is 12.0. The summed E-state index contributed by atoms with van der Waals surface area (Å²) in [6, 6.07) is 13.7. The van der Waals surface area contributed by atoms with Gasteiger partial charge >= 0.3 is 6.03 Å². The predicted molar refractivity (Wildman–Crippen MR) is 136 cm³/mol. The summed E-state index contributed by atoms with van der Waals surface area (Å²) in [4.78, 5) is 36.4. The number of rotatable bonds is 10. The van der Waals surface area contributed by atoms with Gasteiger partial charge in [-0.15, -0.1) is 0 Å². The van der Waals surface area contributed by atoms with Gasteiger partial charge in [0.2, 0.25) is 5.91 Å². The van der Waals surface area contributed by atoms with Gasteiger partial charge in [-0.2, -0.15) is 16.9 Å². The highest BCUT2D eigenvalue weighted by Gasteiger charge is 2.42. The molecule has 5 rings (SSSR count). The minimum atomic E-state index is -0.0608. The molecule has 3 aromatic rings. The average Bonchev–Trinajstić information content (AvgIpc) is 3.57. The van der Waals surface area contributed by atoms with Gasteiger partial charge in [0.05, 0.1) is 23.8 Å². The van der Waals surface area contributed by atoms with Gasteiger partial charge in [0.1, 0.15) is 0 Å². The maximum absolute atomic E-state index is 12.7. The third-order valence-corrected chi connectivity index (χ3v) is 8.22. The van der Waals surface area contributed by atoms with Crippen LogP contribution < -0.4 is 16.0 Å². The summed E-state index contributed by atoms with van der Waals surface area (Å²) in [7, 11) is 0. The van der Waals surface area contributed by atoms with Gasteiger partial charge < -0.3 is 16.0 Å². The number of hydrogen-bond donors (Lipinski definition) is 4. The number of nitrogens with zero attached hydrogens (tertiary/aromatic N) is 1. The molecule has 2 fully saturated rings. The quantitative estimate of drug-likeness (QED) is 0.197. The molecule has 3 unspecified atom stereocenters. The number of carbonyl (C=O) groups excluding carboxylic acids is 3. The topological polar surface area (TPSA) is 116 Å². The standard InChI is InChI=1S/C26H29N5O3S/c32-22(12-17-7-10-20-19(11-17)14-28-31-20)18-8-5-16(6-9-18)13-27-24(33)4-2-1-3-23-25-21(15-35-23)29-26(34)30-25/h5-11,14,21,23,25H,1-4,12-13,15H2,(H,27,33)(H,28,31)(H2,29,30,34). The third-order valence-electron chi connectivity index (χ3n) is 6.72. The normalized spacial score (nSPS) is 20.9. The first kappa shape index (κ1) is 23.4. The Morgan fingerprint density at radius 1 is 1.06 bits per heavy atom. The van der Waals surface area contributed by atoms with Crippen molar-refractivity contribution in [2.24, 2.45) is 0 Å². The van der Waals surface area contributed by atoms with Crippen molar-refractivity contribution in [2.75, 3.05) is 5.75 Å². The second kappa shape index (κ2) is 10.5. The van der Waals surface area contributed by atoms with Gasteiger partial charge in [-0.05, 0) is 36.1 Å². The number of aromatic nitrogens is 2. The highest BCUT2D eigenvalue weighted by atomic mass is 32.2. The Morgan fingerprint density at radius 3 is 2.74 bits per heavy atom. The van der Waals surface area contributed by atoms with Crippen molar-refractivity contribution in [3.8, 4) is 0 Å². The van der Waals surface area contributed by atoms with Crippen molar-refractivity contribution in [2.45, 2.75) is 56.0 Å². The molecule has 4 N–H and O–H groups in total. The van der Waals surface area contributed by atoms with E-state index in [0.29, 0.717) is 30.2 Å². The molecule has 3 amide bonds. The van der Waals surface area contributed by atoms with E-state index in [0.717, 1.165) is 47.0 Å². The zero-order chi connectivity index (χ0) is 24.2. The summed E-state index contributed by atoms with van der Waals surface area (Å²) >= 11 is 1.90. The number of ketones is 1. The maximum atomic E-state index is 12.7. The molecule has 8 nitrogen and oxygen atoms in total. The lowest BCUT2D eigenvalue weighted by Crippen LogP contribution is -2.36. The summed E-state index contributed by atoms with van der Waals surface area (Å²) in [5.74, 6) is 1.05. The van der Waals surface area contributed by atoms with Crippen molar-refractivity contribution < 1.29 is 14.4 Å². The van der Waals surface area contributed by atoms with Gasteiger partial charge in [0, 0.05) is 41.3 Å². The monoisotopic (exact) mass is 491 g/mol. The van der Waals surface area contributed by atoms with Crippen molar-refractivity contribution in [3.05, 3.63) is 65.4 Å². The van der Waals surface area contributed by atoms with Crippen LogP contribution in [0.2, 0.25) is 0 Å².